The van der Waals surface area contributed by atoms with E-state index in [1.54, 1.807) is 0 Å². The van der Waals surface area contributed by atoms with E-state index >= 15 is 0 Å². The van der Waals surface area contributed by atoms with Crippen molar-refractivity contribution in [3.8, 4) is 5.75 Å². The predicted octanol–water partition coefficient (Wildman–Crippen LogP) is 2.78. The van der Waals surface area contributed by atoms with Crippen molar-refractivity contribution in [1.29, 1.82) is 0 Å². The van der Waals surface area contributed by atoms with Crippen LogP contribution in [0.3, 0.4) is 0 Å². The summed E-state index contributed by atoms with van der Waals surface area (Å²) in [6.45, 7) is 0.951. The summed E-state index contributed by atoms with van der Waals surface area (Å²) in [5.41, 5.74) is 1.97. The molecule has 1 aromatic rings. The smallest absolute Gasteiger partial charge is 0.262 e. The van der Waals surface area contributed by atoms with Gasteiger partial charge in [0, 0.05) is 17.8 Å². The summed E-state index contributed by atoms with van der Waals surface area (Å²) in [7, 11) is 0. The fourth-order valence-corrected chi connectivity index (χ4v) is 4.06. The molecule has 5 heteroatoms. The van der Waals surface area contributed by atoms with Gasteiger partial charge in [-0.25, -0.2) is 0 Å². The van der Waals surface area contributed by atoms with Gasteiger partial charge in [-0.3, -0.25) is 4.79 Å². The number of nitrogens with one attached hydrogen (secondary N) is 2. The molecule has 21 heavy (non-hydrogen) atoms. The summed E-state index contributed by atoms with van der Waals surface area (Å²) in [5.74, 6) is 0.681. The molecule has 0 spiro atoms. The van der Waals surface area contributed by atoms with Gasteiger partial charge in [-0.1, -0.05) is 18.9 Å². The zero-order valence-corrected chi connectivity index (χ0v) is 13.2. The standard InChI is InChI=1S/C16H22N2O2S/c1-21-15-5-3-2-4-12(15)17-9-11-6-7-14-13(8-11)18-16(19)10-20-14/h6-8,12,15,17H,2-5,9-10H2,1H3,(H,18,19). The zero-order valence-electron chi connectivity index (χ0n) is 12.4. The van der Waals surface area contributed by atoms with Gasteiger partial charge in [-0.2, -0.15) is 11.8 Å². The van der Waals surface area contributed by atoms with Crippen molar-refractivity contribution in [1.82, 2.24) is 5.32 Å². The van der Waals surface area contributed by atoms with Gasteiger partial charge in [0.05, 0.1) is 5.69 Å². The fraction of sp³-hybridized carbons (Fsp3) is 0.562. The first-order valence-corrected chi connectivity index (χ1v) is 8.87. The minimum atomic E-state index is -0.0812. The SMILES string of the molecule is CSC1CCCCC1NCc1ccc2c(c1)NC(=O)CO2. The van der Waals surface area contributed by atoms with Gasteiger partial charge >= 0.3 is 0 Å². The summed E-state index contributed by atoms with van der Waals surface area (Å²) in [6, 6.07) is 6.62. The molecule has 1 aromatic carbocycles. The highest BCUT2D eigenvalue weighted by Crippen LogP contribution is 2.30. The summed E-state index contributed by atoms with van der Waals surface area (Å²) in [6.07, 6.45) is 7.45. The Morgan fingerprint density at radius 2 is 2.24 bits per heavy atom. The summed E-state index contributed by atoms with van der Waals surface area (Å²) in [5, 5.41) is 7.27. The predicted molar refractivity (Wildman–Crippen MR) is 87.0 cm³/mol. The minimum absolute atomic E-state index is 0.0812. The third-order valence-corrected chi connectivity index (χ3v) is 5.42. The van der Waals surface area contributed by atoms with E-state index < -0.39 is 0 Å². The zero-order chi connectivity index (χ0) is 14.7. The maximum absolute atomic E-state index is 11.4. The molecule has 2 unspecified atom stereocenters. The fourth-order valence-electron chi connectivity index (χ4n) is 3.10. The Hall–Kier alpha value is -1.20. The van der Waals surface area contributed by atoms with E-state index in [1.807, 2.05) is 23.9 Å². The quantitative estimate of drug-likeness (QED) is 0.898. The number of ether oxygens (including phenoxy) is 1. The van der Waals surface area contributed by atoms with Crippen molar-refractivity contribution in [2.75, 3.05) is 18.2 Å². The lowest BCUT2D eigenvalue weighted by molar-refractivity contribution is -0.118. The van der Waals surface area contributed by atoms with Crippen LogP contribution in [-0.4, -0.2) is 30.1 Å². The van der Waals surface area contributed by atoms with Gasteiger partial charge in [-0.05, 0) is 36.8 Å². The molecule has 1 heterocycles. The summed E-state index contributed by atoms with van der Waals surface area (Å²) < 4.78 is 5.38. The summed E-state index contributed by atoms with van der Waals surface area (Å²) >= 11 is 1.97. The molecule has 2 aliphatic rings. The van der Waals surface area contributed by atoms with Crippen molar-refractivity contribution in [2.24, 2.45) is 0 Å². The number of amides is 1. The largest absolute Gasteiger partial charge is 0.482 e. The monoisotopic (exact) mass is 306 g/mol. The Bertz CT molecular complexity index is 521. The first-order valence-electron chi connectivity index (χ1n) is 7.58. The topological polar surface area (TPSA) is 50.4 Å². The lowest BCUT2D eigenvalue weighted by Gasteiger charge is -2.31. The van der Waals surface area contributed by atoms with Crippen LogP contribution in [0.2, 0.25) is 0 Å². The Labute approximate surface area is 130 Å². The van der Waals surface area contributed by atoms with Gasteiger partial charge in [0.1, 0.15) is 5.75 Å². The molecule has 1 saturated carbocycles. The van der Waals surface area contributed by atoms with Gasteiger partial charge in [-0.15, -0.1) is 0 Å². The van der Waals surface area contributed by atoms with Gasteiger partial charge in [0.15, 0.2) is 6.61 Å². The lowest BCUT2D eigenvalue weighted by Crippen LogP contribution is -2.39. The van der Waals surface area contributed by atoms with Crippen LogP contribution in [0.1, 0.15) is 31.2 Å². The molecule has 114 valence electrons. The average molecular weight is 306 g/mol. The number of anilines is 1. The van der Waals surface area contributed by atoms with Crippen LogP contribution < -0.4 is 15.4 Å². The molecule has 1 aliphatic carbocycles. The number of carbonyl (C=O) groups excluding carboxylic acids is 1. The van der Waals surface area contributed by atoms with Crippen LogP contribution in [0.25, 0.3) is 0 Å². The molecule has 0 aromatic heterocycles. The normalized spacial score (nSPS) is 24.9. The lowest BCUT2D eigenvalue weighted by atomic mass is 9.94. The molecule has 0 bridgehead atoms. The van der Waals surface area contributed by atoms with E-state index in [-0.39, 0.29) is 12.5 Å². The van der Waals surface area contributed by atoms with E-state index in [1.165, 1.54) is 31.2 Å². The molecule has 2 atom stereocenters. The molecular weight excluding hydrogens is 284 g/mol. The number of benzene rings is 1. The number of hydrogen-bond acceptors (Lipinski definition) is 4. The second-order valence-corrected chi connectivity index (χ2v) is 6.79. The number of hydrogen-bond donors (Lipinski definition) is 2. The van der Waals surface area contributed by atoms with Gasteiger partial charge in [0.25, 0.3) is 5.91 Å². The van der Waals surface area contributed by atoms with Crippen LogP contribution in [-0.2, 0) is 11.3 Å². The average Bonchev–Trinajstić information content (AvgIpc) is 2.52. The van der Waals surface area contributed by atoms with Crippen LogP contribution >= 0.6 is 11.8 Å². The van der Waals surface area contributed by atoms with Gasteiger partial charge in [0.2, 0.25) is 0 Å². The van der Waals surface area contributed by atoms with Crippen molar-refractivity contribution < 1.29 is 9.53 Å². The Morgan fingerprint density at radius 3 is 3.10 bits per heavy atom. The van der Waals surface area contributed by atoms with Crippen molar-refractivity contribution in [2.45, 2.75) is 43.5 Å². The molecule has 3 rings (SSSR count). The molecule has 0 radical (unpaired) electrons. The number of carbonyl (C=O) groups is 1. The Morgan fingerprint density at radius 1 is 1.38 bits per heavy atom. The van der Waals surface area contributed by atoms with Gasteiger partial charge < -0.3 is 15.4 Å². The third-order valence-electron chi connectivity index (χ3n) is 4.25. The number of rotatable bonds is 4. The Balaban J connectivity index is 1.62. The van der Waals surface area contributed by atoms with Crippen molar-refractivity contribution in [3.63, 3.8) is 0 Å². The highest BCUT2D eigenvalue weighted by molar-refractivity contribution is 7.99. The summed E-state index contributed by atoms with van der Waals surface area (Å²) in [4.78, 5) is 11.4. The van der Waals surface area contributed by atoms with E-state index in [9.17, 15) is 4.79 Å². The molecular formula is C16H22N2O2S. The van der Waals surface area contributed by atoms with Crippen LogP contribution in [0, 0.1) is 0 Å². The van der Waals surface area contributed by atoms with Crippen LogP contribution in [0.4, 0.5) is 5.69 Å². The first-order chi connectivity index (χ1) is 10.3. The number of fused-ring (bicyclic) bond motifs is 1. The van der Waals surface area contributed by atoms with Crippen LogP contribution in [0.15, 0.2) is 18.2 Å². The van der Waals surface area contributed by atoms with E-state index in [0.717, 1.165) is 23.2 Å². The minimum Gasteiger partial charge on any atom is -0.482 e. The van der Waals surface area contributed by atoms with E-state index in [4.69, 9.17) is 4.74 Å². The van der Waals surface area contributed by atoms with E-state index in [0.29, 0.717) is 6.04 Å². The number of thioether (sulfide) groups is 1. The molecule has 1 aliphatic heterocycles. The maximum Gasteiger partial charge on any atom is 0.262 e. The highest BCUT2D eigenvalue weighted by Gasteiger charge is 2.24. The molecule has 1 fully saturated rings. The van der Waals surface area contributed by atoms with E-state index in [2.05, 4.69) is 23.0 Å². The third kappa shape index (κ3) is 3.52. The molecule has 4 nitrogen and oxygen atoms in total. The molecule has 1 amide bonds. The van der Waals surface area contributed by atoms with Crippen LogP contribution in [0.5, 0.6) is 5.75 Å². The second kappa shape index (κ2) is 6.71. The maximum atomic E-state index is 11.4. The van der Waals surface area contributed by atoms with Crippen molar-refractivity contribution in [3.05, 3.63) is 23.8 Å². The molecule has 0 saturated heterocycles. The molecule has 2 N–H and O–H groups in total. The first kappa shape index (κ1) is 14.7. The second-order valence-electron chi connectivity index (χ2n) is 5.71. The highest BCUT2D eigenvalue weighted by atomic mass is 32.2. The Kier molecular flexibility index (Phi) is 4.70. The van der Waals surface area contributed by atoms with Crippen molar-refractivity contribution >= 4 is 23.4 Å².